The summed E-state index contributed by atoms with van der Waals surface area (Å²) >= 11 is 0. The molecule has 0 saturated carbocycles. The molecule has 0 spiro atoms. The smallest absolute Gasteiger partial charge is 0.407 e. The van der Waals surface area contributed by atoms with Crippen molar-refractivity contribution in [2.45, 2.75) is 46.8 Å². The summed E-state index contributed by atoms with van der Waals surface area (Å²) in [5.41, 5.74) is 1.66. The molecule has 1 amide bonds. The number of aliphatic imine (C=N–C) groups is 1. The van der Waals surface area contributed by atoms with Crippen LogP contribution in [-0.2, 0) is 11.3 Å². The van der Waals surface area contributed by atoms with E-state index in [9.17, 15) is 4.79 Å². The standard InChI is InChI=1S/C19H32N4O3/c1-7-20-17(21-10-11-22-18(24)26-19(3,4)5)23-13-15-9-8-14(2)12-16(15)25-6/h8-9,12H,7,10-11,13H2,1-6H3,(H,22,24)(H2,20,21,23). The molecule has 0 radical (unpaired) electrons. The van der Waals surface area contributed by atoms with E-state index in [0.717, 1.165) is 23.4 Å². The molecule has 0 saturated heterocycles. The quantitative estimate of drug-likeness (QED) is 0.393. The maximum absolute atomic E-state index is 11.6. The van der Waals surface area contributed by atoms with E-state index >= 15 is 0 Å². The van der Waals surface area contributed by atoms with Crippen molar-refractivity contribution in [2.24, 2.45) is 4.99 Å². The van der Waals surface area contributed by atoms with Gasteiger partial charge in [-0.3, -0.25) is 0 Å². The normalized spacial score (nSPS) is 11.7. The number of hydrogen-bond acceptors (Lipinski definition) is 4. The Morgan fingerprint density at radius 3 is 2.46 bits per heavy atom. The Morgan fingerprint density at radius 2 is 1.85 bits per heavy atom. The van der Waals surface area contributed by atoms with Gasteiger partial charge in [0.05, 0.1) is 13.7 Å². The van der Waals surface area contributed by atoms with Gasteiger partial charge >= 0.3 is 6.09 Å². The molecule has 146 valence electrons. The van der Waals surface area contributed by atoms with E-state index in [0.29, 0.717) is 25.6 Å². The molecule has 1 rings (SSSR count). The van der Waals surface area contributed by atoms with E-state index in [1.165, 1.54) is 0 Å². The third kappa shape index (κ3) is 8.60. The predicted octanol–water partition coefficient (Wildman–Crippen LogP) is 2.58. The number of carbonyl (C=O) groups excluding carboxylic acids is 1. The van der Waals surface area contributed by atoms with Crippen LogP contribution in [0.4, 0.5) is 4.79 Å². The Kier molecular flexibility index (Phi) is 8.75. The Balaban J connectivity index is 2.53. The fourth-order valence-electron chi connectivity index (χ4n) is 2.15. The van der Waals surface area contributed by atoms with Gasteiger partial charge < -0.3 is 25.4 Å². The summed E-state index contributed by atoms with van der Waals surface area (Å²) in [6.07, 6.45) is -0.425. The zero-order valence-electron chi connectivity index (χ0n) is 16.7. The van der Waals surface area contributed by atoms with Gasteiger partial charge in [-0.1, -0.05) is 12.1 Å². The fourth-order valence-corrected chi connectivity index (χ4v) is 2.15. The summed E-state index contributed by atoms with van der Waals surface area (Å²) < 4.78 is 10.6. The number of benzene rings is 1. The lowest BCUT2D eigenvalue weighted by molar-refractivity contribution is 0.0529. The molecule has 26 heavy (non-hydrogen) atoms. The third-order valence-electron chi connectivity index (χ3n) is 3.28. The van der Waals surface area contributed by atoms with Crippen molar-refractivity contribution in [1.29, 1.82) is 0 Å². The Hall–Kier alpha value is -2.44. The largest absolute Gasteiger partial charge is 0.496 e. The van der Waals surface area contributed by atoms with Crippen LogP contribution in [0.1, 0.15) is 38.8 Å². The monoisotopic (exact) mass is 364 g/mol. The first-order valence-corrected chi connectivity index (χ1v) is 8.87. The van der Waals surface area contributed by atoms with Crippen LogP contribution < -0.4 is 20.7 Å². The predicted molar refractivity (Wildman–Crippen MR) is 105 cm³/mol. The average Bonchev–Trinajstić information content (AvgIpc) is 2.55. The van der Waals surface area contributed by atoms with E-state index in [4.69, 9.17) is 9.47 Å². The van der Waals surface area contributed by atoms with Crippen LogP contribution in [0.3, 0.4) is 0 Å². The first-order valence-electron chi connectivity index (χ1n) is 8.87. The first-order chi connectivity index (χ1) is 12.2. The average molecular weight is 364 g/mol. The second kappa shape index (κ2) is 10.5. The molecule has 0 aromatic heterocycles. The molecule has 3 N–H and O–H groups in total. The number of rotatable bonds is 7. The topological polar surface area (TPSA) is 84.0 Å². The molecule has 0 aliphatic rings. The summed E-state index contributed by atoms with van der Waals surface area (Å²) in [6.45, 7) is 11.7. The van der Waals surface area contributed by atoms with Gasteiger partial charge in [0.2, 0.25) is 0 Å². The van der Waals surface area contributed by atoms with E-state index in [1.54, 1.807) is 7.11 Å². The molecule has 7 nitrogen and oxygen atoms in total. The van der Waals surface area contributed by atoms with Crippen LogP contribution in [0.2, 0.25) is 0 Å². The molecule has 0 aliphatic carbocycles. The lowest BCUT2D eigenvalue weighted by Gasteiger charge is -2.20. The Labute approximate surface area is 156 Å². The second-order valence-corrected chi connectivity index (χ2v) is 6.87. The van der Waals surface area contributed by atoms with Crippen LogP contribution >= 0.6 is 0 Å². The van der Waals surface area contributed by atoms with Crippen molar-refractivity contribution in [3.63, 3.8) is 0 Å². The van der Waals surface area contributed by atoms with Crippen LogP contribution in [0.25, 0.3) is 0 Å². The number of hydrogen-bond donors (Lipinski definition) is 3. The van der Waals surface area contributed by atoms with Crippen molar-refractivity contribution < 1.29 is 14.3 Å². The molecule has 0 bridgehead atoms. The van der Waals surface area contributed by atoms with Gasteiger partial charge in [0, 0.05) is 25.2 Å². The van der Waals surface area contributed by atoms with Gasteiger partial charge in [-0.25, -0.2) is 9.79 Å². The summed E-state index contributed by atoms with van der Waals surface area (Å²) in [5.74, 6) is 1.51. The highest BCUT2D eigenvalue weighted by Crippen LogP contribution is 2.20. The van der Waals surface area contributed by atoms with Gasteiger partial charge in [0.25, 0.3) is 0 Å². The number of methoxy groups -OCH3 is 1. The van der Waals surface area contributed by atoms with Crippen molar-refractivity contribution >= 4 is 12.1 Å². The zero-order chi connectivity index (χ0) is 19.6. The number of amides is 1. The number of nitrogens with one attached hydrogen (secondary N) is 3. The second-order valence-electron chi connectivity index (χ2n) is 6.87. The molecule has 1 aromatic rings. The number of carbonyl (C=O) groups is 1. The summed E-state index contributed by atoms with van der Waals surface area (Å²) in [7, 11) is 1.66. The summed E-state index contributed by atoms with van der Waals surface area (Å²) in [4.78, 5) is 16.2. The molecule has 0 fully saturated rings. The van der Waals surface area contributed by atoms with E-state index < -0.39 is 11.7 Å². The first kappa shape index (κ1) is 21.6. The summed E-state index contributed by atoms with van der Waals surface area (Å²) in [6, 6.07) is 6.06. The van der Waals surface area contributed by atoms with Crippen LogP contribution in [0, 0.1) is 6.92 Å². The zero-order valence-corrected chi connectivity index (χ0v) is 16.7. The van der Waals surface area contributed by atoms with Crippen molar-refractivity contribution in [3.8, 4) is 5.75 Å². The van der Waals surface area contributed by atoms with Crippen LogP contribution in [-0.4, -0.2) is 44.4 Å². The van der Waals surface area contributed by atoms with Crippen LogP contribution in [0.15, 0.2) is 23.2 Å². The van der Waals surface area contributed by atoms with Crippen molar-refractivity contribution in [2.75, 3.05) is 26.7 Å². The SMILES string of the molecule is CCNC(=NCc1ccc(C)cc1OC)NCCNC(=O)OC(C)(C)C. The molecule has 7 heteroatoms. The number of aryl methyl sites for hydroxylation is 1. The fraction of sp³-hybridized carbons (Fsp3) is 0.579. The minimum absolute atomic E-state index is 0.425. The number of guanidine groups is 1. The summed E-state index contributed by atoms with van der Waals surface area (Å²) in [5, 5.41) is 9.08. The minimum atomic E-state index is -0.499. The van der Waals surface area contributed by atoms with E-state index in [1.807, 2.05) is 52.8 Å². The van der Waals surface area contributed by atoms with Crippen molar-refractivity contribution in [1.82, 2.24) is 16.0 Å². The molecular weight excluding hydrogens is 332 g/mol. The molecule has 0 aliphatic heterocycles. The molecule has 1 aromatic carbocycles. The molecule has 0 atom stereocenters. The lowest BCUT2D eigenvalue weighted by atomic mass is 10.1. The molecule has 0 unspecified atom stereocenters. The van der Waals surface area contributed by atoms with E-state index in [-0.39, 0.29) is 0 Å². The molecule has 0 heterocycles. The van der Waals surface area contributed by atoms with Crippen molar-refractivity contribution in [3.05, 3.63) is 29.3 Å². The molecular formula is C19H32N4O3. The highest BCUT2D eigenvalue weighted by atomic mass is 16.6. The number of alkyl carbamates (subject to hydrolysis) is 1. The van der Waals surface area contributed by atoms with Gasteiger partial charge in [-0.05, 0) is 46.2 Å². The lowest BCUT2D eigenvalue weighted by Crippen LogP contribution is -2.42. The number of ether oxygens (including phenoxy) is 2. The van der Waals surface area contributed by atoms with Gasteiger partial charge in [0.15, 0.2) is 5.96 Å². The Bertz CT molecular complexity index is 609. The van der Waals surface area contributed by atoms with E-state index in [2.05, 4.69) is 20.9 Å². The highest BCUT2D eigenvalue weighted by molar-refractivity contribution is 5.79. The van der Waals surface area contributed by atoms with Gasteiger partial charge in [-0.2, -0.15) is 0 Å². The third-order valence-corrected chi connectivity index (χ3v) is 3.28. The highest BCUT2D eigenvalue weighted by Gasteiger charge is 2.15. The maximum Gasteiger partial charge on any atom is 0.407 e. The van der Waals surface area contributed by atoms with Gasteiger partial charge in [-0.15, -0.1) is 0 Å². The van der Waals surface area contributed by atoms with Crippen LogP contribution in [0.5, 0.6) is 5.75 Å². The number of nitrogens with zero attached hydrogens (tertiary/aromatic N) is 1. The minimum Gasteiger partial charge on any atom is -0.496 e. The maximum atomic E-state index is 11.6. The Morgan fingerprint density at radius 1 is 1.15 bits per heavy atom. The van der Waals surface area contributed by atoms with Gasteiger partial charge in [0.1, 0.15) is 11.4 Å².